The summed E-state index contributed by atoms with van der Waals surface area (Å²) in [7, 11) is 1.94. The monoisotopic (exact) mass is 300 g/mol. The molecule has 23 heavy (non-hydrogen) atoms. The number of aryl methyl sites for hydroxylation is 2. The maximum absolute atomic E-state index is 4.64. The fourth-order valence-corrected chi connectivity index (χ4v) is 2.88. The van der Waals surface area contributed by atoms with Gasteiger partial charge in [-0.3, -0.25) is 14.6 Å². The highest BCUT2D eigenvalue weighted by Crippen LogP contribution is 2.33. The van der Waals surface area contributed by atoms with Gasteiger partial charge in [-0.2, -0.15) is 5.10 Å². The minimum atomic E-state index is 0.890. The third-order valence-corrected chi connectivity index (χ3v) is 3.90. The molecule has 0 amide bonds. The maximum atomic E-state index is 4.64. The zero-order valence-electron chi connectivity index (χ0n) is 13.1. The van der Waals surface area contributed by atoms with Crippen molar-refractivity contribution in [1.82, 2.24) is 19.7 Å². The third-order valence-electron chi connectivity index (χ3n) is 3.90. The normalized spacial score (nSPS) is 11.0. The van der Waals surface area contributed by atoms with Crippen LogP contribution < -0.4 is 0 Å². The minimum absolute atomic E-state index is 0.890. The number of nitrogens with zero attached hydrogens (tertiary/aromatic N) is 4. The lowest BCUT2D eigenvalue weighted by Gasteiger charge is -2.06. The molecule has 4 heteroatoms. The molecule has 0 radical (unpaired) electrons. The second-order valence-corrected chi connectivity index (χ2v) is 5.60. The molecule has 0 atom stereocenters. The molecule has 4 aromatic rings. The molecular formula is C19H16N4. The summed E-state index contributed by atoms with van der Waals surface area (Å²) in [6.07, 6.45) is 3.89. The average molecular weight is 300 g/mol. The van der Waals surface area contributed by atoms with E-state index < -0.39 is 0 Å². The molecule has 0 N–H and O–H groups in total. The van der Waals surface area contributed by atoms with Crippen LogP contribution in [-0.4, -0.2) is 19.7 Å². The van der Waals surface area contributed by atoms with Gasteiger partial charge in [0.05, 0.1) is 11.2 Å². The number of pyridine rings is 2. The van der Waals surface area contributed by atoms with Gasteiger partial charge in [-0.05, 0) is 36.8 Å². The lowest BCUT2D eigenvalue weighted by Crippen LogP contribution is -1.91. The van der Waals surface area contributed by atoms with Crippen LogP contribution in [0, 0.1) is 6.92 Å². The molecule has 0 aliphatic heterocycles. The van der Waals surface area contributed by atoms with Gasteiger partial charge < -0.3 is 0 Å². The standard InChI is InChI=1S/C19H16N4/c1-13-6-5-9-18(21-13)19-16(12-23(2)22-19)14-10-11-20-17-8-4-3-7-15(14)17/h3-12H,1-2H3. The highest BCUT2D eigenvalue weighted by molar-refractivity contribution is 5.97. The smallest absolute Gasteiger partial charge is 0.119 e. The molecule has 0 fully saturated rings. The van der Waals surface area contributed by atoms with E-state index in [2.05, 4.69) is 21.1 Å². The fraction of sp³-hybridized carbons (Fsp3) is 0.105. The van der Waals surface area contributed by atoms with Crippen LogP contribution in [0.1, 0.15) is 5.69 Å². The van der Waals surface area contributed by atoms with Crippen molar-refractivity contribution in [2.75, 3.05) is 0 Å². The Bertz CT molecular complexity index is 996. The summed E-state index contributed by atoms with van der Waals surface area (Å²) in [4.78, 5) is 9.08. The van der Waals surface area contributed by atoms with E-state index in [1.165, 1.54) is 0 Å². The summed E-state index contributed by atoms with van der Waals surface area (Å²) in [5.41, 5.74) is 5.95. The van der Waals surface area contributed by atoms with Crippen molar-refractivity contribution in [2.24, 2.45) is 7.05 Å². The number of aromatic nitrogens is 4. The first kappa shape index (κ1) is 13.6. The molecule has 0 spiro atoms. The summed E-state index contributed by atoms with van der Waals surface area (Å²) in [6.45, 7) is 1.99. The topological polar surface area (TPSA) is 43.6 Å². The highest BCUT2D eigenvalue weighted by atomic mass is 15.3. The summed E-state index contributed by atoms with van der Waals surface area (Å²) < 4.78 is 1.84. The lowest BCUT2D eigenvalue weighted by atomic mass is 10.0. The van der Waals surface area contributed by atoms with E-state index in [0.717, 1.165) is 39.1 Å². The average Bonchev–Trinajstić information content (AvgIpc) is 2.96. The SMILES string of the molecule is Cc1cccc(-c2nn(C)cc2-c2ccnc3ccccc23)n1. The van der Waals surface area contributed by atoms with Crippen molar-refractivity contribution in [2.45, 2.75) is 6.92 Å². The largest absolute Gasteiger partial charge is 0.274 e. The van der Waals surface area contributed by atoms with Crippen LogP contribution in [0.4, 0.5) is 0 Å². The second-order valence-electron chi connectivity index (χ2n) is 5.60. The molecular weight excluding hydrogens is 284 g/mol. The van der Waals surface area contributed by atoms with E-state index in [-0.39, 0.29) is 0 Å². The van der Waals surface area contributed by atoms with E-state index in [1.54, 1.807) is 0 Å². The van der Waals surface area contributed by atoms with Gasteiger partial charge in [-0.25, -0.2) is 0 Å². The first-order chi connectivity index (χ1) is 11.2. The molecule has 3 heterocycles. The molecule has 0 saturated carbocycles. The quantitative estimate of drug-likeness (QED) is 0.562. The van der Waals surface area contributed by atoms with E-state index in [1.807, 2.05) is 73.5 Å². The second kappa shape index (κ2) is 5.32. The van der Waals surface area contributed by atoms with Gasteiger partial charge in [-0.1, -0.05) is 24.3 Å². The van der Waals surface area contributed by atoms with Gasteiger partial charge in [0, 0.05) is 36.1 Å². The van der Waals surface area contributed by atoms with Gasteiger partial charge in [-0.15, -0.1) is 0 Å². The third kappa shape index (κ3) is 2.38. The summed E-state index contributed by atoms with van der Waals surface area (Å²) in [5.74, 6) is 0. The summed E-state index contributed by atoms with van der Waals surface area (Å²) in [6, 6.07) is 16.2. The predicted octanol–water partition coefficient (Wildman–Crippen LogP) is 4.01. The molecule has 0 bridgehead atoms. The number of fused-ring (bicyclic) bond motifs is 1. The van der Waals surface area contributed by atoms with Crippen molar-refractivity contribution in [3.8, 4) is 22.5 Å². The van der Waals surface area contributed by atoms with Crippen LogP contribution in [0.5, 0.6) is 0 Å². The number of hydrogen-bond donors (Lipinski definition) is 0. The molecule has 0 saturated heterocycles. The van der Waals surface area contributed by atoms with Crippen LogP contribution >= 0.6 is 0 Å². The van der Waals surface area contributed by atoms with Gasteiger partial charge in [0.2, 0.25) is 0 Å². The Hall–Kier alpha value is -3.01. The van der Waals surface area contributed by atoms with Crippen LogP contribution in [0.3, 0.4) is 0 Å². The maximum Gasteiger partial charge on any atom is 0.119 e. The first-order valence-corrected chi connectivity index (χ1v) is 7.54. The molecule has 4 nitrogen and oxygen atoms in total. The van der Waals surface area contributed by atoms with Gasteiger partial charge in [0.15, 0.2) is 0 Å². The molecule has 1 aromatic carbocycles. The predicted molar refractivity (Wildman–Crippen MR) is 91.9 cm³/mol. The highest BCUT2D eigenvalue weighted by Gasteiger charge is 2.15. The van der Waals surface area contributed by atoms with Crippen molar-refractivity contribution in [1.29, 1.82) is 0 Å². The van der Waals surface area contributed by atoms with Crippen molar-refractivity contribution >= 4 is 10.9 Å². The van der Waals surface area contributed by atoms with Crippen molar-refractivity contribution in [3.05, 3.63) is 66.6 Å². The Morgan fingerprint density at radius 2 is 1.78 bits per heavy atom. The van der Waals surface area contributed by atoms with E-state index in [0.29, 0.717) is 0 Å². The van der Waals surface area contributed by atoms with Gasteiger partial charge in [0.1, 0.15) is 5.69 Å². The number of para-hydroxylation sites is 1. The number of rotatable bonds is 2. The van der Waals surface area contributed by atoms with E-state index in [9.17, 15) is 0 Å². The summed E-state index contributed by atoms with van der Waals surface area (Å²) in [5, 5.41) is 5.76. The van der Waals surface area contributed by atoms with E-state index in [4.69, 9.17) is 0 Å². The van der Waals surface area contributed by atoms with Gasteiger partial charge in [0.25, 0.3) is 0 Å². The van der Waals surface area contributed by atoms with Crippen LogP contribution in [0.15, 0.2) is 60.9 Å². The van der Waals surface area contributed by atoms with Crippen LogP contribution in [-0.2, 0) is 7.05 Å². The first-order valence-electron chi connectivity index (χ1n) is 7.54. The number of hydrogen-bond acceptors (Lipinski definition) is 3. The Morgan fingerprint density at radius 1 is 0.913 bits per heavy atom. The molecule has 3 aromatic heterocycles. The number of benzene rings is 1. The van der Waals surface area contributed by atoms with Crippen molar-refractivity contribution < 1.29 is 0 Å². The Kier molecular flexibility index (Phi) is 3.15. The molecule has 112 valence electrons. The van der Waals surface area contributed by atoms with Crippen LogP contribution in [0.2, 0.25) is 0 Å². The van der Waals surface area contributed by atoms with Gasteiger partial charge >= 0.3 is 0 Å². The Balaban J connectivity index is 1.99. The Morgan fingerprint density at radius 3 is 2.65 bits per heavy atom. The fourth-order valence-electron chi connectivity index (χ4n) is 2.88. The Labute approximate surface area is 134 Å². The minimum Gasteiger partial charge on any atom is -0.274 e. The molecule has 0 unspecified atom stereocenters. The molecule has 4 rings (SSSR count). The summed E-state index contributed by atoms with van der Waals surface area (Å²) >= 11 is 0. The molecule has 0 aliphatic carbocycles. The zero-order valence-corrected chi connectivity index (χ0v) is 13.1. The molecule has 0 aliphatic rings. The van der Waals surface area contributed by atoms with E-state index >= 15 is 0 Å². The van der Waals surface area contributed by atoms with Crippen LogP contribution in [0.25, 0.3) is 33.4 Å². The zero-order chi connectivity index (χ0) is 15.8. The lowest BCUT2D eigenvalue weighted by molar-refractivity contribution is 0.770. The van der Waals surface area contributed by atoms with Crippen molar-refractivity contribution in [3.63, 3.8) is 0 Å².